The topological polar surface area (TPSA) is 80.1 Å². The number of nitrogens with one attached hydrogen (secondary N) is 1. The summed E-state index contributed by atoms with van der Waals surface area (Å²) in [6, 6.07) is 6.11. The molecule has 0 radical (unpaired) electrons. The van der Waals surface area contributed by atoms with Crippen LogP contribution in [-0.2, 0) is 11.3 Å². The second-order valence-corrected chi connectivity index (χ2v) is 6.11. The molecule has 1 aliphatic heterocycles. The van der Waals surface area contributed by atoms with E-state index in [4.69, 9.17) is 0 Å². The maximum absolute atomic E-state index is 13.0. The number of benzene rings is 1. The van der Waals surface area contributed by atoms with Gasteiger partial charge in [-0.25, -0.2) is 9.07 Å². The van der Waals surface area contributed by atoms with Gasteiger partial charge in [0, 0.05) is 19.6 Å². The summed E-state index contributed by atoms with van der Waals surface area (Å²) in [6.45, 7) is 5.43. The number of hydrogen-bond donors (Lipinski definition) is 1. The lowest BCUT2D eigenvalue weighted by Crippen LogP contribution is -2.55. The summed E-state index contributed by atoms with van der Waals surface area (Å²) in [5, 5.41) is 10.8. The molecule has 25 heavy (non-hydrogen) atoms. The molecule has 2 aromatic rings. The molecule has 0 atom stereocenters. The predicted octanol–water partition coefficient (Wildman–Crippen LogP) is 0.982. The summed E-state index contributed by atoms with van der Waals surface area (Å²) in [6.07, 6.45) is 0. The third-order valence-electron chi connectivity index (χ3n) is 4.32. The molecule has 1 saturated heterocycles. The Morgan fingerprint density at radius 3 is 2.60 bits per heavy atom. The molecule has 7 nitrogen and oxygen atoms in total. The van der Waals surface area contributed by atoms with Gasteiger partial charge in [0.2, 0.25) is 5.91 Å². The van der Waals surface area contributed by atoms with Gasteiger partial charge in [0.25, 0.3) is 5.91 Å². The van der Waals surface area contributed by atoms with E-state index in [1.165, 1.54) is 12.1 Å². The maximum atomic E-state index is 13.0. The molecule has 1 N–H and O–H groups in total. The number of amides is 2. The van der Waals surface area contributed by atoms with E-state index < -0.39 is 0 Å². The Morgan fingerprint density at radius 1 is 1.28 bits per heavy atom. The Morgan fingerprint density at radius 2 is 1.96 bits per heavy atom. The Labute approximate surface area is 144 Å². The lowest BCUT2D eigenvalue weighted by atomic mass is 9.98. The van der Waals surface area contributed by atoms with Gasteiger partial charge >= 0.3 is 0 Å². The highest BCUT2D eigenvalue weighted by molar-refractivity contribution is 5.95. The minimum absolute atomic E-state index is 0.0248. The highest BCUT2D eigenvalue weighted by Crippen LogP contribution is 2.19. The summed E-state index contributed by atoms with van der Waals surface area (Å²) >= 11 is 0. The summed E-state index contributed by atoms with van der Waals surface area (Å²) in [4.78, 5) is 25.8. The fourth-order valence-electron chi connectivity index (χ4n) is 2.75. The fourth-order valence-corrected chi connectivity index (χ4v) is 2.75. The standard InChI is InChI=1S/C17H20FN5O2/c1-3-19-16(24)13-9-22(10-13)17(25)15-11(2)23(21-20-15)8-12-4-6-14(18)7-5-12/h4-7,13H,3,8-10H2,1-2H3,(H,19,24). The van der Waals surface area contributed by atoms with E-state index in [0.717, 1.165) is 5.56 Å². The average Bonchev–Trinajstić information content (AvgIpc) is 2.89. The number of carbonyl (C=O) groups excluding carboxylic acids is 2. The van der Waals surface area contributed by atoms with Crippen LogP contribution in [0, 0.1) is 18.7 Å². The van der Waals surface area contributed by atoms with E-state index in [1.54, 1.807) is 28.6 Å². The van der Waals surface area contributed by atoms with Crippen LogP contribution in [0.2, 0.25) is 0 Å². The number of aromatic nitrogens is 3. The third-order valence-corrected chi connectivity index (χ3v) is 4.32. The van der Waals surface area contributed by atoms with Crippen molar-refractivity contribution < 1.29 is 14.0 Å². The molecular formula is C17H20FN5O2. The smallest absolute Gasteiger partial charge is 0.276 e. The number of likely N-dealkylation sites (tertiary alicyclic amines) is 1. The van der Waals surface area contributed by atoms with Gasteiger partial charge in [0.05, 0.1) is 18.2 Å². The number of nitrogens with zero attached hydrogens (tertiary/aromatic N) is 4. The van der Waals surface area contributed by atoms with Crippen LogP contribution in [0.1, 0.15) is 28.7 Å². The maximum Gasteiger partial charge on any atom is 0.276 e. The van der Waals surface area contributed by atoms with Crippen LogP contribution in [0.3, 0.4) is 0 Å². The third kappa shape index (κ3) is 3.52. The van der Waals surface area contributed by atoms with Crippen LogP contribution in [0.4, 0.5) is 4.39 Å². The first-order chi connectivity index (χ1) is 12.0. The first kappa shape index (κ1) is 17.1. The Kier molecular flexibility index (Phi) is 4.78. The summed E-state index contributed by atoms with van der Waals surface area (Å²) in [7, 11) is 0. The number of halogens is 1. The normalized spacial score (nSPS) is 14.3. The van der Waals surface area contributed by atoms with E-state index in [1.807, 2.05) is 6.92 Å². The molecule has 0 aliphatic carbocycles. The van der Waals surface area contributed by atoms with Gasteiger partial charge in [-0.05, 0) is 31.5 Å². The molecule has 1 aromatic carbocycles. The SMILES string of the molecule is CCNC(=O)C1CN(C(=O)c2nnn(Cc3ccc(F)cc3)c2C)C1. The predicted molar refractivity (Wildman–Crippen MR) is 88.3 cm³/mol. The number of hydrogen-bond acceptors (Lipinski definition) is 4. The monoisotopic (exact) mass is 345 g/mol. The lowest BCUT2D eigenvalue weighted by Gasteiger charge is -2.37. The first-order valence-corrected chi connectivity index (χ1v) is 8.21. The van der Waals surface area contributed by atoms with Crippen molar-refractivity contribution in [3.8, 4) is 0 Å². The molecule has 1 aromatic heterocycles. The lowest BCUT2D eigenvalue weighted by molar-refractivity contribution is -0.128. The van der Waals surface area contributed by atoms with Gasteiger partial charge in [-0.3, -0.25) is 9.59 Å². The second kappa shape index (κ2) is 7.00. The van der Waals surface area contributed by atoms with Crippen molar-refractivity contribution in [2.75, 3.05) is 19.6 Å². The van der Waals surface area contributed by atoms with Gasteiger partial charge in [-0.15, -0.1) is 5.10 Å². The molecule has 1 aliphatic rings. The molecular weight excluding hydrogens is 325 g/mol. The highest BCUT2D eigenvalue weighted by atomic mass is 19.1. The van der Waals surface area contributed by atoms with Crippen molar-refractivity contribution in [2.24, 2.45) is 5.92 Å². The fraction of sp³-hybridized carbons (Fsp3) is 0.412. The molecule has 0 unspecified atom stereocenters. The van der Waals surface area contributed by atoms with Gasteiger partial charge in [-0.2, -0.15) is 0 Å². The number of rotatable bonds is 5. The molecule has 3 rings (SSSR count). The van der Waals surface area contributed by atoms with Crippen molar-refractivity contribution in [3.05, 3.63) is 47.0 Å². The Balaban J connectivity index is 1.64. The average molecular weight is 345 g/mol. The molecule has 2 amide bonds. The molecule has 8 heteroatoms. The van der Waals surface area contributed by atoms with Crippen LogP contribution in [0.15, 0.2) is 24.3 Å². The van der Waals surface area contributed by atoms with Crippen LogP contribution < -0.4 is 5.32 Å². The summed E-state index contributed by atoms with van der Waals surface area (Å²) < 4.78 is 14.6. The zero-order valence-corrected chi connectivity index (χ0v) is 14.2. The van der Waals surface area contributed by atoms with Crippen LogP contribution in [0.5, 0.6) is 0 Å². The van der Waals surface area contributed by atoms with E-state index in [2.05, 4.69) is 15.6 Å². The van der Waals surface area contributed by atoms with E-state index in [9.17, 15) is 14.0 Å². The van der Waals surface area contributed by atoms with Gasteiger partial charge < -0.3 is 10.2 Å². The van der Waals surface area contributed by atoms with Crippen LogP contribution >= 0.6 is 0 Å². The zero-order valence-electron chi connectivity index (χ0n) is 14.2. The van der Waals surface area contributed by atoms with Crippen molar-refractivity contribution in [1.82, 2.24) is 25.2 Å². The molecule has 0 spiro atoms. The quantitative estimate of drug-likeness (QED) is 0.876. The van der Waals surface area contributed by atoms with E-state index in [0.29, 0.717) is 31.9 Å². The summed E-state index contributed by atoms with van der Waals surface area (Å²) in [5.41, 5.74) is 1.81. The highest BCUT2D eigenvalue weighted by Gasteiger charge is 2.37. The van der Waals surface area contributed by atoms with Gasteiger partial charge in [-0.1, -0.05) is 17.3 Å². The van der Waals surface area contributed by atoms with E-state index >= 15 is 0 Å². The Bertz CT molecular complexity index is 781. The van der Waals surface area contributed by atoms with Crippen LogP contribution in [0.25, 0.3) is 0 Å². The van der Waals surface area contributed by atoms with Crippen LogP contribution in [-0.4, -0.2) is 51.3 Å². The molecule has 2 heterocycles. The van der Waals surface area contributed by atoms with Crippen molar-refractivity contribution in [1.29, 1.82) is 0 Å². The zero-order chi connectivity index (χ0) is 18.0. The molecule has 0 bridgehead atoms. The van der Waals surface area contributed by atoms with Crippen molar-refractivity contribution in [3.63, 3.8) is 0 Å². The molecule has 0 saturated carbocycles. The first-order valence-electron chi connectivity index (χ1n) is 8.21. The van der Waals surface area contributed by atoms with Crippen molar-refractivity contribution >= 4 is 11.8 Å². The second-order valence-electron chi connectivity index (χ2n) is 6.11. The van der Waals surface area contributed by atoms with Gasteiger partial charge in [0.1, 0.15) is 5.82 Å². The van der Waals surface area contributed by atoms with E-state index in [-0.39, 0.29) is 29.2 Å². The Hall–Kier alpha value is -2.77. The minimum Gasteiger partial charge on any atom is -0.356 e. The molecule has 1 fully saturated rings. The largest absolute Gasteiger partial charge is 0.356 e. The van der Waals surface area contributed by atoms with Gasteiger partial charge in [0.15, 0.2) is 5.69 Å². The summed E-state index contributed by atoms with van der Waals surface area (Å²) in [5.74, 6) is -0.695. The van der Waals surface area contributed by atoms with Crippen molar-refractivity contribution in [2.45, 2.75) is 20.4 Å². The molecule has 132 valence electrons. The minimum atomic E-state index is -0.297. The number of carbonyl (C=O) groups is 2.